The van der Waals surface area contributed by atoms with Crippen molar-refractivity contribution in [3.05, 3.63) is 5.57 Å². The third kappa shape index (κ3) is 6.96. The molecule has 0 aromatic rings. The van der Waals surface area contributed by atoms with Gasteiger partial charge in [0.05, 0.1) is 0 Å². The lowest BCUT2D eigenvalue weighted by molar-refractivity contribution is 0.549. The van der Waals surface area contributed by atoms with Crippen molar-refractivity contribution >= 4 is 22.6 Å². The Balaban J connectivity index is 4.33. The van der Waals surface area contributed by atoms with Gasteiger partial charge < -0.3 is 4.12 Å². The molecule has 0 aliphatic carbocycles. The smallest absolute Gasteiger partial charge is 0.178 e. The summed E-state index contributed by atoms with van der Waals surface area (Å²) in [5.74, 6) is 1.94. The molecule has 0 aromatic carbocycles. The molecule has 0 saturated carbocycles. The number of rotatable bonds is 4. The topological polar surface area (TPSA) is 26.3 Å². The van der Waals surface area contributed by atoms with Crippen molar-refractivity contribution < 1.29 is 8.91 Å². The van der Waals surface area contributed by atoms with E-state index in [1.165, 1.54) is 0 Å². The van der Waals surface area contributed by atoms with Gasteiger partial charge in [-0.25, -0.2) is 4.79 Å². The van der Waals surface area contributed by atoms with Gasteiger partial charge in [0.25, 0.3) is 0 Å². The van der Waals surface area contributed by atoms with E-state index < -0.39 is 16.6 Å². The second kappa shape index (κ2) is 4.37. The highest BCUT2D eigenvalue weighted by Gasteiger charge is 2.29. The Morgan fingerprint density at radius 1 is 1.23 bits per heavy atom. The van der Waals surface area contributed by atoms with Crippen LogP contribution in [-0.4, -0.2) is 22.6 Å². The Bertz CT molecular complexity index is 222. The van der Waals surface area contributed by atoms with Crippen LogP contribution in [0.1, 0.15) is 6.92 Å². The minimum absolute atomic E-state index is 0.787. The third-order valence-corrected chi connectivity index (χ3v) is 7.49. The fourth-order valence-corrected chi connectivity index (χ4v) is 9.81. The molecule has 0 rings (SSSR count). The lowest BCUT2D eigenvalue weighted by Gasteiger charge is -2.31. The fraction of sp³-hybridized carbons (Fsp3) is 0.778. The highest BCUT2D eigenvalue weighted by Crippen LogP contribution is 2.20. The van der Waals surface area contributed by atoms with Gasteiger partial charge in [0.1, 0.15) is 5.94 Å². The van der Waals surface area contributed by atoms with Crippen LogP contribution in [0.3, 0.4) is 0 Å². The molecular formula is C9H20O2Si2. The summed E-state index contributed by atoms with van der Waals surface area (Å²) < 4.78 is 6.08. The molecule has 0 bridgehead atoms. The van der Waals surface area contributed by atoms with E-state index in [9.17, 15) is 4.79 Å². The summed E-state index contributed by atoms with van der Waals surface area (Å²) in [5.41, 5.74) is 0.787. The Kier molecular flexibility index (Phi) is 4.32. The first kappa shape index (κ1) is 12.8. The lowest BCUT2D eigenvalue weighted by Crippen LogP contribution is -2.42. The van der Waals surface area contributed by atoms with Crippen molar-refractivity contribution in [2.45, 2.75) is 45.7 Å². The average Bonchev–Trinajstić information content (AvgIpc) is 1.80. The summed E-state index contributed by atoms with van der Waals surface area (Å²) in [6.07, 6.45) is 0. The van der Waals surface area contributed by atoms with Crippen molar-refractivity contribution in [1.29, 1.82) is 0 Å². The molecule has 0 spiro atoms. The molecule has 0 atom stereocenters. The van der Waals surface area contributed by atoms with Crippen molar-refractivity contribution in [3.63, 3.8) is 0 Å². The van der Waals surface area contributed by atoms with Gasteiger partial charge in [0.2, 0.25) is 0 Å². The maximum absolute atomic E-state index is 10.4. The van der Waals surface area contributed by atoms with Crippen LogP contribution in [0.25, 0.3) is 0 Å². The van der Waals surface area contributed by atoms with E-state index in [2.05, 4.69) is 32.7 Å². The summed E-state index contributed by atoms with van der Waals surface area (Å²) in [7, 11) is -3.11. The fourth-order valence-electron chi connectivity index (χ4n) is 1.54. The minimum Gasteiger partial charge on any atom is -0.455 e. The van der Waals surface area contributed by atoms with Crippen LogP contribution < -0.4 is 0 Å². The van der Waals surface area contributed by atoms with Crippen molar-refractivity contribution in [2.24, 2.45) is 0 Å². The van der Waals surface area contributed by atoms with Crippen LogP contribution in [0.2, 0.25) is 38.8 Å². The molecule has 0 aromatic heterocycles. The summed E-state index contributed by atoms with van der Waals surface area (Å²) >= 11 is 0. The van der Waals surface area contributed by atoms with Gasteiger partial charge in [-0.1, -0.05) is 0 Å². The largest absolute Gasteiger partial charge is 0.455 e. The van der Waals surface area contributed by atoms with Crippen LogP contribution >= 0.6 is 0 Å². The molecule has 13 heavy (non-hydrogen) atoms. The van der Waals surface area contributed by atoms with E-state index in [1.54, 1.807) is 0 Å². The predicted octanol–water partition coefficient (Wildman–Crippen LogP) is 2.82. The minimum atomic E-state index is -1.66. The molecule has 0 aliphatic heterocycles. The third-order valence-electron chi connectivity index (χ3n) is 1.45. The SMILES string of the molecule is CC(=C=O)C[Si](C)(C)O[Si](C)(C)C. The Morgan fingerprint density at radius 2 is 1.69 bits per heavy atom. The maximum atomic E-state index is 10.4. The summed E-state index contributed by atoms with van der Waals surface area (Å²) in [6, 6.07) is 0.806. The van der Waals surface area contributed by atoms with Crippen molar-refractivity contribution in [3.8, 4) is 0 Å². The quantitative estimate of drug-likeness (QED) is 0.533. The van der Waals surface area contributed by atoms with Crippen LogP contribution in [0, 0.1) is 0 Å². The zero-order valence-corrected chi connectivity index (χ0v) is 11.5. The Labute approximate surface area is 83.3 Å². The van der Waals surface area contributed by atoms with Crippen molar-refractivity contribution in [1.82, 2.24) is 0 Å². The number of allylic oxidation sites excluding steroid dienone is 1. The van der Waals surface area contributed by atoms with Gasteiger partial charge >= 0.3 is 0 Å². The van der Waals surface area contributed by atoms with E-state index in [0.717, 1.165) is 11.6 Å². The van der Waals surface area contributed by atoms with E-state index >= 15 is 0 Å². The molecule has 0 saturated heterocycles. The van der Waals surface area contributed by atoms with Gasteiger partial charge in [-0.2, -0.15) is 0 Å². The average molecular weight is 216 g/mol. The zero-order valence-electron chi connectivity index (χ0n) is 9.52. The summed E-state index contributed by atoms with van der Waals surface area (Å²) in [4.78, 5) is 10.4. The maximum Gasteiger partial charge on any atom is 0.178 e. The number of hydrogen-bond donors (Lipinski definition) is 0. The van der Waals surface area contributed by atoms with Gasteiger partial charge in [-0.05, 0) is 45.7 Å². The van der Waals surface area contributed by atoms with E-state index in [-0.39, 0.29) is 0 Å². The Morgan fingerprint density at radius 3 is 2.00 bits per heavy atom. The highest BCUT2D eigenvalue weighted by atomic mass is 28.4. The van der Waals surface area contributed by atoms with E-state index in [1.807, 2.05) is 12.9 Å². The van der Waals surface area contributed by atoms with Gasteiger partial charge in [0, 0.05) is 5.57 Å². The molecular weight excluding hydrogens is 196 g/mol. The molecule has 0 aliphatic rings. The number of carbonyl (C=O) groups excluding carboxylic acids is 1. The highest BCUT2D eigenvalue weighted by molar-refractivity contribution is 6.84. The molecule has 0 heterocycles. The molecule has 76 valence electrons. The first-order valence-corrected chi connectivity index (χ1v) is 11.1. The molecule has 4 heteroatoms. The lowest BCUT2D eigenvalue weighted by atomic mass is 10.4. The zero-order chi connectivity index (χ0) is 10.7. The molecule has 0 fully saturated rings. The van der Waals surface area contributed by atoms with Gasteiger partial charge in [-0.15, -0.1) is 0 Å². The van der Waals surface area contributed by atoms with Gasteiger partial charge in [0.15, 0.2) is 16.6 Å². The van der Waals surface area contributed by atoms with E-state index in [0.29, 0.717) is 0 Å². The van der Waals surface area contributed by atoms with Crippen LogP contribution in [0.4, 0.5) is 0 Å². The summed E-state index contributed by atoms with van der Waals surface area (Å²) in [5, 5.41) is 0. The normalized spacial score (nSPS) is 12.5. The first-order valence-electron chi connectivity index (χ1n) is 4.57. The standard InChI is InChI=1S/C9H20O2Si2/c1-9(7-10)8-13(5,6)11-12(2,3)4/h8H2,1-6H3. The van der Waals surface area contributed by atoms with Crippen molar-refractivity contribution in [2.75, 3.05) is 0 Å². The molecule has 0 amide bonds. The van der Waals surface area contributed by atoms with Gasteiger partial charge in [-0.3, -0.25) is 0 Å². The second-order valence-electron chi connectivity index (χ2n) is 5.03. The Hall–Kier alpha value is -0.156. The van der Waals surface area contributed by atoms with Crippen LogP contribution in [0.15, 0.2) is 5.57 Å². The van der Waals surface area contributed by atoms with Crippen LogP contribution in [-0.2, 0) is 8.91 Å². The molecule has 0 unspecified atom stereocenters. The first-order chi connectivity index (χ1) is 5.66. The summed E-state index contributed by atoms with van der Waals surface area (Å²) in [6.45, 7) is 12.7. The predicted molar refractivity (Wildman–Crippen MR) is 61.6 cm³/mol. The molecule has 0 radical (unpaired) electrons. The monoisotopic (exact) mass is 216 g/mol. The molecule has 2 nitrogen and oxygen atoms in total. The molecule has 0 N–H and O–H groups in total. The number of hydrogen-bond acceptors (Lipinski definition) is 2. The van der Waals surface area contributed by atoms with E-state index in [4.69, 9.17) is 4.12 Å². The second-order valence-corrected chi connectivity index (χ2v) is 13.9. The van der Waals surface area contributed by atoms with Crippen LogP contribution in [0.5, 0.6) is 0 Å².